The summed E-state index contributed by atoms with van der Waals surface area (Å²) in [5.41, 5.74) is 2.13. The highest BCUT2D eigenvalue weighted by atomic mass is 16.7. The SMILES string of the molecule is CC(C)[C@H](NC(=O)OCc1ccccc1)C(=O)ON=C(c1ccccn1)c1ccccn1. The molecule has 0 saturated heterocycles. The van der Waals surface area contributed by atoms with Gasteiger partial charge in [0.05, 0.1) is 11.4 Å². The number of amides is 1. The Bertz CT molecular complexity index is 1000. The third-order valence-electron chi connectivity index (χ3n) is 4.45. The van der Waals surface area contributed by atoms with E-state index in [9.17, 15) is 9.59 Å². The summed E-state index contributed by atoms with van der Waals surface area (Å²) < 4.78 is 5.21. The molecule has 1 N–H and O–H groups in total. The fourth-order valence-corrected chi connectivity index (χ4v) is 2.77. The van der Waals surface area contributed by atoms with Crippen LogP contribution in [0.25, 0.3) is 0 Å². The second-order valence-corrected chi connectivity index (χ2v) is 7.21. The maximum Gasteiger partial charge on any atom is 0.408 e. The van der Waals surface area contributed by atoms with Gasteiger partial charge in [0.2, 0.25) is 0 Å². The van der Waals surface area contributed by atoms with Crippen LogP contribution in [0.4, 0.5) is 4.79 Å². The quantitative estimate of drug-likeness (QED) is 0.331. The zero-order valence-electron chi connectivity index (χ0n) is 17.8. The summed E-state index contributed by atoms with van der Waals surface area (Å²) in [6, 6.07) is 18.9. The molecule has 0 fully saturated rings. The number of nitrogens with zero attached hydrogens (tertiary/aromatic N) is 3. The van der Waals surface area contributed by atoms with Crippen molar-refractivity contribution in [2.45, 2.75) is 26.5 Å². The number of benzene rings is 1. The maximum atomic E-state index is 12.7. The predicted molar refractivity (Wildman–Crippen MR) is 119 cm³/mol. The van der Waals surface area contributed by atoms with E-state index in [0.717, 1.165) is 5.56 Å². The molecule has 0 spiro atoms. The highest BCUT2D eigenvalue weighted by molar-refractivity contribution is 6.10. The smallest absolute Gasteiger partial charge is 0.408 e. The number of pyridine rings is 2. The Labute approximate surface area is 186 Å². The summed E-state index contributed by atoms with van der Waals surface area (Å²) in [6.07, 6.45) is 2.50. The molecule has 0 saturated carbocycles. The van der Waals surface area contributed by atoms with Crippen LogP contribution in [-0.2, 0) is 21.0 Å². The van der Waals surface area contributed by atoms with E-state index < -0.39 is 18.1 Å². The lowest BCUT2D eigenvalue weighted by Crippen LogP contribution is -2.45. The van der Waals surface area contributed by atoms with E-state index in [0.29, 0.717) is 17.1 Å². The Morgan fingerprint density at radius 2 is 1.50 bits per heavy atom. The minimum atomic E-state index is -0.948. The molecular formula is C24H24N4O4. The van der Waals surface area contributed by atoms with Gasteiger partial charge in [0.25, 0.3) is 0 Å². The summed E-state index contributed by atoms with van der Waals surface area (Å²) in [7, 11) is 0. The van der Waals surface area contributed by atoms with Crippen molar-refractivity contribution in [3.8, 4) is 0 Å². The number of nitrogens with one attached hydrogen (secondary N) is 1. The molecule has 0 radical (unpaired) electrons. The number of alkyl carbamates (subject to hydrolysis) is 1. The van der Waals surface area contributed by atoms with Gasteiger partial charge in [-0.25, -0.2) is 9.59 Å². The molecule has 3 rings (SSSR count). The summed E-state index contributed by atoms with van der Waals surface area (Å²) >= 11 is 0. The molecule has 8 heteroatoms. The molecule has 1 aromatic carbocycles. The number of rotatable bonds is 8. The maximum absolute atomic E-state index is 12.7. The number of ether oxygens (including phenoxy) is 1. The van der Waals surface area contributed by atoms with Gasteiger partial charge in [-0.1, -0.05) is 61.5 Å². The second-order valence-electron chi connectivity index (χ2n) is 7.21. The number of carbonyl (C=O) groups excluding carboxylic acids is 2. The summed E-state index contributed by atoms with van der Waals surface area (Å²) in [6.45, 7) is 3.66. The Morgan fingerprint density at radius 1 is 0.906 bits per heavy atom. The molecule has 1 amide bonds. The fraction of sp³-hybridized carbons (Fsp3) is 0.208. The van der Waals surface area contributed by atoms with Crippen molar-refractivity contribution in [3.05, 3.63) is 96.1 Å². The van der Waals surface area contributed by atoms with Gasteiger partial charge in [0.15, 0.2) is 5.71 Å². The van der Waals surface area contributed by atoms with E-state index in [2.05, 4.69) is 20.4 Å². The minimum Gasteiger partial charge on any atom is -0.445 e. The average Bonchev–Trinajstić information content (AvgIpc) is 2.83. The van der Waals surface area contributed by atoms with Crippen LogP contribution in [0.3, 0.4) is 0 Å². The minimum absolute atomic E-state index is 0.0915. The predicted octanol–water partition coefficient (Wildman–Crippen LogP) is 3.72. The fourth-order valence-electron chi connectivity index (χ4n) is 2.77. The van der Waals surface area contributed by atoms with Crippen LogP contribution in [0.5, 0.6) is 0 Å². The molecule has 0 aliphatic heterocycles. The van der Waals surface area contributed by atoms with Gasteiger partial charge >= 0.3 is 12.1 Å². The molecule has 0 aliphatic carbocycles. The lowest BCUT2D eigenvalue weighted by Gasteiger charge is -2.19. The largest absolute Gasteiger partial charge is 0.445 e. The van der Waals surface area contributed by atoms with Crippen molar-refractivity contribution < 1.29 is 19.2 Å². The number of carbonyl (C=O) groups is 2. The molecule has 8 nitrogen and oxygen atoms in total. The van der Waals surface area contributed by atoms with Crippen molar-refractivity contribution >= 4 is 17.8 Å². The molecule has 0 bridgehead atoms. The Morgan fingerprint density at radius 3 is 2.03 bits per heavy atom. The van der Waals surface area contributed by atoms with Crippen LogP contribution in [0.1, 0.15) is 30.8 Å². The van der Waals surface area contributed by atoms with Crippen molar-refractivity contribution in [1.29, 1.82) is 0 Å². The second kappa shape index (κ2) is 11.4. The van der Waals surface area contributed by atoms with Crippen LogP contribution >= 0.6 is 0 Å². The van der Waals surface area contributed by atoms with Crippen LogP contribution in [0.15, 0.2) is 84.3 Å². The normalized spacial score (nSPS) is 11.3. The highest BCUT2D eigenvalue weighted by Gasteiger charge is 2.27. The molecule has 2 aromatic heterocycles. The van der Waals surface area contributed by atoms with E-state index >= 15 is 0 Å². The molecular weight excluding hydrogens is 408 g/mol. The van der Waals surface area contributed by atoms with E-state index in [1.165, 1.54) is 0 Å². The van der Waals surface area contributed by atoms with E-state index in [-0.39, 0.29) is 12.5 Å². The van der Waals surface area contributed by atoms with Gasteiger partial charge in [-0.2, -0.15) is 0 Å². The third-order valence-corrected chi connectivity index (χ3v) is 4.45. The van der Waals surface area contributed by atoms with Crippen molar-refractivity contribution in [2.24, 2.45) is 11.1 Å². The van der Waals surface area contributed by atoms with E-state index in [1.807, 2.05) is 30.3 Å². The van der Waals surface area contributed by atoms with Crippen LogP contribution in [0, 0.1) is 5.92 Å². The standard InChI is InChI=1S/C24H24N4O4/c1-17(2)21(27-24(30)31-16-18-10-4-3-5-11-18)23(29)32-28-22(19-12-6-8-14-25-19)20-13-7-9-15-26-20/h3-15,17,21H,16H2,1-2H3,(H,27,30)/t21-/m0/s1. The van der Waals surface area contributed by atoms with E-state index in [4.69, 9.17) is 9.57 Å². The molecule has 1 atom stereocenters. The first-order valence-electron chi connectivity index (χ1n) is 10.1. The highest BCUT2D eigenvalue weighted by Crippen LogP contribution is 2.10. The number of aromatic nitrogens is 2. The number of hydrogen-bond donors (Lipinski definition) is 1. The van der Waals surface area contributed by atoms with Gasteiger partial charge in [0, 0.05) is 12.4 Å². The molecule has 0 aliphatic rings. The van der Waals surface area contributed by atoms with Gasteiger partial charge in [-0.3, -0.25) is 9.97 Å². The molecule has 2 heterocycles. The van der Waals surface area contributed by atoms with Gasteiger partial charge in [-0.05, 0) is 35.7 Å². The van der Waals surface area contributed by atoms with Gasteiger partial charge < -0.3 is 14.9 Å². The summed E-state index contributed by atoms with van der Waals surface area (Å²) in [4.78, 5) is 38.7. The lowest BCUT2D eigenvalue weighted by molar-refractivity contribution is -0.147. The average molecular weight is 432 g/mol. The van der Waals surface area contributed by atoms with Crippen LogP contribution < -0.4 is 5.32 Å². The summed E-state index contributed by atoms with van der Waals surface area (Å²) in [5.74, 6) is -0.976. The molecule has 3 aromatic rings. The molecule has 32 heavy (non-hydrogen) atoms. The number of oxime groups is 1. The Kier molecular flexibility index (Phi) is 8.02. The van der Waals surface area contributed by atoms with Crippen LogP contribution in [0.2, 0.25) is 0 Å². The van der Waals surface area contributed by atoms with Crippen LogP contribution in [-0.4, -0.2) is 33.8 Å². The van der Waals surface area contributed by atoms with Crippen molar-refractivity contribution in [3.63, 3.8) is 0 Å². The molecule has 0 unspecified atom stereocenters. The third kappa shape index (κ3) is 6.46. The van der Waals surface area contributed by atoms with Crippen molar-refractivity contribution in [1.82, 2.24) is 15.3 Å². The first-order valence-corrected chi connectivity index (χ1v) is 10.1. The Balaban J connectivity index is 1.69. The molecule has 164 valence electrons. The number of hydrogen-bond acceptors (Lipinski definition) is 7. The zero-order chi connectivity index (χ0) is 22.8. The van der Waals surface area contributed by atoms with Gasteiger partial charge in [0.1, 0.15) is 12.6 Å². The monoisotopic (exact) mass is 432 g/mol. The lowest BCUT2D eigenvalue weighted by atomic mass is 10.1. The first kappa shape index (κ1) is 22.6. The zero-order valence-corrected chi connectivity index (χ0v) is 17.8. The van der Waals surface area contributed by atoms with E-state index in [1.54, 1.807) is 62.6 Å². The Hall–Kier alpha value is -4.07. The summed E-state index contributed by atoms with van der Waals surface area (Å²) in [5, 5.41) is 6.57. The topological polar surface area (TPSA) is 103 Å². The van der Waals surface area contributed by atoms with Gasteiger partial charge in [-0.15, -0.1) is 0 Å². The first-order chi connectivity index (χ1) is 15.5. The van der Waals surface area contributed by atoms with Crippen molar-refractivity contribution in [2.75, 3.05) is 0 Å².